The molecule has 0 bridgehead atoms. The number of aromatic nitrogens is 2. The number of imidazole rings is 1. The molecule has 0 unspecified atom stereocenters. The van der Waals surface area contributed by atoms with Crippen molar-refractivity contribution in [2.24, 2.45) is 0 Å². The molecule has 0 aliphatic heterocycles. The second-order valence-corrected chi connectivity index (χ2v) is 6.96. The van der Waals surface area contributed by atoms with Gasteiger partial charge in [-0.05, 0) is 43.3 Å². The molecule has 0 saturated carbocycles. The highest BCUT2D eigenvalue weighted by molar-refractivity contribution is 9.10. The van der Waals surface area contributed by atoms with Crippen molar-refractivity contribution < 1.29 is 4.79 Å². The third kappa shape index (κ3) is 2.01. The van der Waals surface area contributed by atoms with Crippen LogP contribution in [0.25, 0.3) is 16.0 Å². The summed E-state index contributed by atoms with van der Waals surface area (Å²) >= 11 is 4.84. The number of carbonyl (C=O) groups is 1. The monoisotopic (exact) mass is 370 g/mol. The molecule has 22 heavy (non-hydrogen) atoms. The van der Waals surface area contributed by atoms with Gasteiger partial charge in [-0.1, -0.05) is 39.4 Å². The molecule has 108 valence electrons. The van der Waals surface area contributed by atoms with Crippen LogP contribution in [0.4, 0.5) is 0 Å². The Kier molecular flexibility index (Phi) is 3.13. The van der Waals surface area contributed by atoms with E-state index in [9.17, 15) is 4.79 Å². The standard InChI is InChI=1S/C17H11BrN2OS/c1-10-16(15(21)11-6-8-12(18)9-7-11)22-17-19-13-4-2-3-5-14(13)20(10)17/h2-9H,1H3. The number of nitrogens with zero attached hydrogens (tertiary/aromatic N) is 2. The fraction of sp³-hybridized carbons (Fsp3) is 0.0588. The minimum absolute atomic E-state index is 0.0459. The van der Waals surface area contributed by atoms with Gasteiger partial charge in [0, 0.05) is 15.7 Å². The smallest absolute Gasteiger partial charge is 0.204 e. The SMILES string of the molecule is Cc1c(C(=O)c2ccc(Br)cc2)sc2nc3ccccc3n12. The van der Waals surface area contributed by atoms with Crippen molar-refractivity contribution >= 4 is 49.0 Å². The van der Waals surface area contributed by atoms with E-state index >= 15 is 0 Å². The number of para-hydroxylation sites is 2. The van der Waals surface area contributed by atoms with Gasteiger partial charge >= 0.3 is 0 Å². The number of thiazole rings is 1. The number of halogens is 1. The molecule has 0 aliphatic rings. The molecule has 0 fully saturated rings. The van der Waals surface area contributed by atoms with Crippen LogP contribution in [0.5, 0.6) is 0 Å². The van der Waals surface area contributed by atoms with E-state index in [1.54, 1.807) is 0 Å². The summed E-state index contributed by atoms with van der Waals surface area (Å²) in [5, 5.41) is 0. The summed E-state index contributed by atoms with van der Waals surface area (Å²) in [6.07, 6.45) is 0. The first-order valence-corrected chi connectivity index (χ1v) is 8.43. The van der Waals surface area contributed by atoms with Gasteiger partial charge in [-0.2, -0.15) is 0 Å². The summed E-state index contributed by atoms with van der Waals surface area (Å²) in [5.41, 5.74) is 3.64. The van der Waals surface area contributed by atoms with Crippen LogP contribution in [0, 0.1) is 6.92 Å². The number of fused-ring (bicyclic) bond motifs is 3. The average Bonchev–Trinajstić information content (AvgIpc) is 3.04. The molecule has 0 saturated heterocycles. The summed E-state index contributed by atoms with van der Waals surface area (Å²) in [6.45, 7) is 1.98. The van der Waals surface area contributed by atoms with E-state index in [4.69, 9.17) is 0 Å². The zero-order chi connectivity index (χ0) is 15.3. The second-order valence-electron chi connectivity index (χ2n) is 5.07. The molecule has 2 heterocycles. The molecule has 0 N–H and O–H groups in total. The highest BCUT2D eigenvalue weighted by Gasteiger charge is 2.19. The van der Waals surface area contributed by atoms with Gasteiger partial charge in [-0.15, -0.1) is 0 Å². The molecule has 4 rings (SSSR count). The quantitative estimate of drug-likeness (QED) is 0.472. The predicted molar refractivity (Wildman–Crippen MR) is 92.9 cm³/mol. The molecule has 4 aromatic rings. The zero-order valence-corrected chi connectivity index (χ0v) is 14.1. The van der Waals surface area contributed by atoms with Crippen LogP contribution in [0.1, 0.15) is 20.9 Å². The Bertz CT molecular complexity index is 1010. The zero-order valence-electron chi connectivity index (χ0n) is 11.7. The van der Waals surface area contributed by atoms with Crippen molar-refractivity contribution in [3.05, 3.63) is 69.1 Å². The second kappa shape index (κ2) is 5.04. The van der Waals surface area contributed by atoms with Crippen LogP contribution in [0.2, 0.25) is 0 Å². The van der Waals surface area contributed by atoms with Crippen LogP contribution < -0.4 is 0 Å². The number of benzene rings is 2. The maximum Gasteiger partial charge on any atom is 0.204 e. The lowest BCUT2D eigenvalue weighted by atomic mass is 10.1. The van der Waals surface area contributed by atoms with E-state index < -0.39 is 0 Å². The number of carbonyl (C=O) groups excluding carboxylic acids is 1. The minimum atomic E-state index is 0.0459. The van der Waals surface area contributed by atoms with Crippen LogP contribution in [0.15, 0.2) is 53.0 Å². The van der Waals surface area contributed by atoms with Gasteiger partial charge in [0.15, 0.2) is 4.96 Å². The van der Waals surface area contributed by atoms with Crippen LogP contribution in [-0.4, -0.2) is 15.2 Å². The molecule has 0 radical (unpaired) electrons. The van der Waals surface area contributed by atoms with E-state index in [0.29, 0.717) is 5.56 Å². The number of ketones is 1. The van der Waals surface area contributed by atoms with Crippen molar-refractivity contribution in [3.63, 3.8) is 0 Å². The Morgan fingerprint density at radius 2 is 1.86 bits per heavy atom. The summed E-state index contributed by atoms with van der Waals surface area (Å²) in [7, 11) is 0. The number of hydrogen-bond acceptors (Lipinski definition) is 3. The Balaban J connectivity index is 1.90. The third-order valence-electron chi connectivity index (χ3n) is 3.70. The Morgan fingerprint density at radius 1 is 1.14 bits per heavy atom. The van der Waals surface area contributed by atoms with Crippen molar-refractivity contribution in [2.75, 3.05) is 0 Å². The average molecular weight is 371 g/mol. The van der Waals surface area contributed by atoms with Crippen LogP contribution >= 0.6 is 27.3 Å². The first-order chi connectivity index (χ1) is 10.6. The molecule has 3 nitrogen and oxygen atoms in total. The van der Waals surface area contributed by atoms with Gasteiger partial charge in [-0.3, -0.25) is 9.20 Å². The van der Waals surface area contributed by atoms with Crippen LogP contribution in [0.3, 0.4) is 0 Å². The van der Waals surface area contributed by atoms with E-state index in [1.807, 2.05) is 55.5 Å². The van der Waals surface area contributed by atoms with E-state index in [-0.39, 0.29) is 5.78 Å². The summed E-state index contributed by atoms with van der Waals surface area (Å²) in [4.78, 5) is 19.0. The lowest BCUT2D eigenvalue weighted by Gasteiger charge is -2.01. The minimum Gasteiger partial charge on any atom is -0.288 e. The maximum atomic E-state index is 12.7. The summed E-state index contributed by atoms with van der Waals surface area (Å²) in [5.74, 6) is 0.0459. The number of aryl methyl sites for hydroxylation is 1. The summed E-state index contributed by atoms with van der Waals surface area (Å²) < 4.78 is 3.03. The molecule has 0 atom stereocenters. The molecular weight excluding hydrogens is 360 g/mol. The van der Waals surface area contributed by atoms with E-state index in [1.165, 1.54) is 11.3 Å². The van der Waals surface area contributed by atoms with Gasteiger partial charge in [0.1, 0.15) is 0 Å². The van der Waals surface area contributed by atoms with Gasteiger partial charge < -0.3 is 0 Å². The molecule has 2 aromatic carbocycles. The largest absolute Gasteiger partial charge is 0.288 e. The molecule has 0 aliphatic carbocycles. The normalized spacial score (nSPS) is 11.4. The van der Waals surface area contributed by atoms with Gasteiger partial charge in [0.25, 0.3) is 0 Å². The van der Waals surface area contributed by atoms with Crippen LogP contribution in [-0.2, 0) is 0 Å². The van der Waals surface area contributed by atoms with Crippen molar-refractivity contribution in [3.8, 4) is 0 Å². The van der Waals surface area contributed by atoms with Crippen molar-refractivity contribution in [1.29, 1.82) is 0 Å². The Labute approximate surface area is 139 Å². The molecule has 5 heteroatoms. The lowest BCUT2D eigenvalue weighted by Crippen LogP contribution is -2.01. The number of rotatable bonds is 2. The molecular formula is C17H11BrN2OS. The Morgan fingerprint density at radius 3 is 2.64 bits per heavy atom. The van der Waals surface area contributed by atoms with Crippen molar-refractivity contribution in [1.82, 2.24) is 9.38 Å². The fourth-order valence-electron chi connectivity index (χ4n) is 2.61. The van der Waals surface area contributed by atoms with Gasteiger partial charge in [0.05, 0.1) is 15.9 Å². The fourth-order valence-corrected chi connectivity index (χ4v) is 3.97. The highest BCUT2D eigenvalue weighted by Crippen LogP contribution is 2.29. The topological polar surface area (TPSA) is 34.4 Å². The summed E-state index contributed by atoms with van der Waals surface area (Å²) in [6, 6.07) is 15.4. The van der Waals surface area contributed by atoms with Gasteiger partial charge in [-0.25, -0.2) is 4.98 Å². The maximum absolute atomic E-state index is 12.7. The predicted octanol–water partition coefficient (Wildman–Crippen LogP) is 4.85. The van der Waals surface area contributed by atoms with Gasteiger partial charge in [0.2, 0.25) is 5.78 Å². The van der Waals surface area contributed by atoms with Crippen molar-refractivity contribution in [2.45, 2.75) is 6.92 Å². The molecule has 0 amide bonds. The van der Waals surface area contributed by atoms with E-state index in [0.717, 1.165) is 31.0 Å². The van der Waals surface area contributed by atoms with E-state index in [2.05, 4.69) is 25.3 Å². The Hall–Kier alpha value is -1.98. The first-order valence-electron chi connectivity index (χ1n) is 6.82. The molecule has 0 spiro atoms. The number of hydrogen-bond donors (Lipinski definition) is 0. The first kappa shape index (κ1) is 13.7. The highest BCUT2D eigenvalue weighted by atomic mass is 79.9. The third-order valence-corrected chi connectivity index (χ3v) is 5.37. The lowest BCUT2D eigenvalue weighted by molar-refractivity contribution is 0.104. The molecule has 2 aromatic heterocycles.